The lowest BCUT2D eigenvalue weighted by Crippen LogP contribution is -2.30. The van der Waals surface area contributed by atoms with Crippen LogP contribution in [0, 0.1) is 23.7 Å². The van der Waals surface area contributed by atoms with Gasteiger partial charge < -0.3 is 33.8 Å². The van der Waals surface area contributed by atoms with Crippen LogP contribution in [0.25, 0.3) is 0 Å². The molecule has 5 atom stereocenters. The Morgan fingerprint density at radius 3 is 0.697 bits per heavy atom. The van der Waals surface area contributed by atoms with Gasteiger partial charge in [-0.1, -0.05) is 293 Å². The van der Waals surface area contributed by atoms with Crippen LogP contribution in [-0.4, -0.2) is 96.7 Å². The van der Waals surface area contributed by atoms with Gasteiger partial charge >= 0.3 is 39.5 Å². The average Bonchev–Trinajstić information content (AvgIpc) is 3.68. The lowest BCUT2D eigenvalue weighted by molar-refractivity contribution is -0.161. The molecule has 528 valence electrons. The molecule has 0 rings (SSSR count). The summed E-state index contributed by atoms with van der Waals surface area (Å²) in [7, 11) is -9.90. The van der Waals surface area contributed by atoms with Crippen LogP contribution in [0.5, 0.6) is 0 Å². The Morgan fingerprint density at radius 1 is 0.281 bits per heavy atom. The van der Waals surface area contributed by atoms with Crippen molar-refractivity contribution in [3.8, 4) is 0 Å². The van der Waals surface area contributed by atoms with Crippen molar-refractivity contribution < 1.29 is 80.2 Å². The molecular weight excluding hydrogens is 1170 g/mol. The van der Waals surface area contributed by atoms with Crippen molar-refractivity contribution in [2.45, 2.75) is 363 Å². The summed E-state index contributed by atoms with van der Waals surface area (Å²) in [6.07, 6.45) is 41.8. The summed E-state index contributed by atoms with van der Waals surface area (Å²) in [6, 6.07) is 0. The minimum atomic E-state index is -4.95. The Morgan fingerprint density at radius 2 is 0.472 bits per heavy atom. The molecule has 0 amide bonds. The number of aliphatic hydroxyl groups excluding tert-OH is 1. The van der Waals surface area contributed by atoms with E-state index in [1.807, 2.05) is 0 Å². The van der Waals surface area contributed by atoms with Gasteiger partial charge in [0.2, 0.25) is 0 Å². The highest BCUT2D eigenvalue weighted by Gasteiger charge is 2.30. The molecule has 19 heteroatoms. The Hall–Kier alpha value is -1.94. The first kappa shape index (κ1) is 87.1. The molecule has 0 saturated carbocycles. The summed E-state index contributed by atoms with van der Waals surface area (Å²) < 4.78 is 68.3. The lowest BCUT2D eigenvalue weighted by atomic mass is 10.0. The molecule has 0 radical (unpaired) electrons. The second-order valence-corrected chi connectivity index (χ2v) is 30.1. The molecule has 0 spiro atoms. The molecule has 0 aromatic heterocycles. The van der Waals surface area contributed by atoms with Crippen LogP contribution < -0.4 is 0 Å². The van der Waals surface area contributed by atoms with Crippen molar-refractivity contribution in [2.75, 3.05) is 39.6 Å². The van der Waals surface area contributed by atoms with Gasteiger partial charge in [-0.25, -0.2) is 9.13 Å². The number of unbranched alkanes of at least 4 members (excludes halogenated alkanes) is 33. The van der Waals surface area contributed by atoms with Crippen molar-refractivity contribution in [1.82, 2.24) is 0 Å². The van der Waals surface area contributed by atoms with E-state index in [9.17, 15) is 43.2 Å². The summed E-state index contributed by atoms with van der Waals surface area (Å²) in [5.41, 5.74) is 0. The largest absolute Gasteiger partial charge is 0.472 e. The van der Waals surface area contributed by atoms with Crippen LogP contribution in [0.4, 0.5) is 0 Å². The fraction of sp³-hybridized carbons (Fsp3) is 0.943. The van der Waals surface area contributed by atoms with E-state index in [0.717, 1.165) is 114 Å². The highest BCUT2D eigenvalue weighted by Crippen LogP contribution is 2.45. The number of hydrogen-bond donors (Lipinski definition) is 3. The van der Waals surface area contributed by atoms with Gasteiger partial charge in [-0.3, -0.25) is 37.3 Å². The molecule has 17 nitrogen and oxygen atoms in total. The molecule has 0 saturated heterocycles. The van der Waals surface area contributed by atoms with E-state index in [0.29, 0.717) is 31.6 Å². The van der Waals surface area contributed by atoms with Crippen molar-refractivity contribution in [1.29, 1.82) is 0 Å². The van der Waals surface area contributed by atoms with Crippen LogP contribution in [0.15, 0.2) is 0 Å². The maximum Gasteiger partial charge on any atom is 0.472 e. The summed E-state index contributed by atoms with van der Waals surface area (Å²) in [5, 5.41) is 10.6. The van der Waals surface area contributed by atoms with Crippen LogP contribution in [0.3, 0.4) is 0 Å². The van der Waals surface area contributed by atoms with E-state index in [2.05, 4.69) is 55.4 Å². The number of ether oxygens (including phenoxy) is 4. The zero-order chi connectivity index (χ0) is 66.1. The maximum atomic E-state index is 13.0. The third-order valence-corrected chi connectivity index (χ3v) is 18.0. The topological polar surface area (TPSA) is 237 Å². The van der Waals surface area contributed by atoms with Crippen molar-refractivity contribution >= 4 is 39.5 Å². The first-order valence-corrected chi connectivity index (χ1v) is 39.2. The van der Waals surface area contributed by atoms with Crippen LogP contribution >= 0.6 is 15.6 Å². The first-order valence-electron chi connectivity index (χ1n) is 36.2. The second-order valence-electron chi connectivity index (χ2n) is 27.2. The van der Waals surface area contributed by atoms with Gasteiger partial charge in [0, 0.05) is 25.7 Å². The fourth-order valence-electron chi connectivity index (χ4n) is 10.5. The minimum Gasteiger partial charge on any atom is -0.462 e. The Labute approximate surface area is 543 Å². The maximum absolute atomic E-state index is 13.0. The number of carbonyl (C=O) groups excluding carboxylic acids is 4. The Kier molecular flexibility index (Phi) is 58.5. The van der Waals surface area contributed by atoms with Crippen molar-refractivity contribution in [2.24, 2.45) is 23.7 Å². The second kappa shape index (κ2) is 59.8. The van der Waals surface area contributed by atoms with Gasteiger partial charge in [-0.15, -0.1) is 0 Å². The quantitative estimate of drug-likeness (QED) is 0.0222. The van der Waals surface area contributed by atoms with Crippen molar-refractivity contribution in [3.05, 3.63) is 0 Å². The van der Waals surface area contributed by atoms with Gasteiger partial charge in [0.25, 0.3) is 0 Å². The number of esters is 4. The van der Waals surface area contributed by atoms with E-state index >= 15 is 0 Å². The smallest absolute Gasteiger partial charge is 0.462 e. The molecule has 3 N–H and O–H groups in total. The monoisotopic (exact) mass is 1310 g/mol. The predicted octanol–water partition coefficient (Wildman–Crippen LogP) is 19.7. The standard InChI is InChI=1S/C70H136O17P2/c1-60(2)46-38-30-22-16-11-9-10-12-19-26-36-44-52-69(74)87-66(57-81-68(73)51-43-35-29-28-33-41-49-63(7)8)59-85-89(78,79)83-55-64(71)54-82-88(76,77)84-58-65(56-80-67(72)50-42-34-25-21-15-18-24-32-40-48-62(5)6)86-70(75)53-45-37-27-20-14-13-17-23-31-39-47-61(3)4/h60-66,71H,9-59H2,1-8H3,(H,76,77)(H,78,79)/t64-,65-,66-/m1/s1. The molecule has 0 heterocycles. The summed E-state index contributed by atoms with van der Waals surface area (Å²) in [4.78, 5) is 72.5. The van der Waals surface area contributed by atoms with Crippen molar-refractivity contribution in [3.63, 3.8) is 0 Å². The van der Waals surface area contributed by atoms with E-state index in [1.165, 1.54) is 141 Å². The van der Waals surface area contributed by atoms with Crippen LogP contribution in [-0.2, 0) is 65.4 Å². The lowest BCUT2D eigenvalue weighted by Gasteiger charge is -2.21. The Balaban J connectivity index is 5.25. The number of rotatable bonds is 67. The number of carbonyl (C=O) groups is 4. The molecule has 89 heavy (non-hydrogen) atoms. The van der Waals surface area contributed by atoms with Gasteiger partial charge in [-0.05, 0) is 49.4 Å². The molecule has 0 aliphatic carbocycles. The normalized spacial score (nSPS) is 14.3. The van der Waals surface area contributed by atoms with Crippen LogP contribution in [0.1, 0.15) is 344 Å². The number of phosphoric ester groups is 2. The summed E-state index contributed by atoms with van der Waals surface area (Å²) in [6.45, 7) is 14.0. The van der Waals surface area contributed by atoms with E-state index < -0.39 is 97.5 Å². The predicted molar refractivity (Wildman–Crippen MR) is 358 cm³/mol. The third kappa shape index (κ3) is 64.6. The number of hydrogen-bond acceptors (Lipinski definition) is 15. The summed E-state index contributed by atoms with van der Waals surface area (Å²) >= 11 is 0. The van der Waals surface area contributed by atoms with Gasteiger partial charge in [0.05, 0.1) is 26.4 Å². The number of phosphoric acid groups is 2. The molecule has 0 bridgehead atoms. The summed E-state index contributed by atoms with van der Waals surface area (Å²) in [5.74, 6) is 0.821. The molecule has 0 aromatic carbocycles. The fourth-order valence-corrected chi connectivity index (χ4v) is 12.1. The zero-order valence-electron chi connectivity index (χ0n) is 58.1. The van der Waals surface area contributed by atoms with E-state index in [4.69, 9.17) is 37.0 Å². The average molecular weight is 1310 g/mol. The molecule has 0 aliphatic heterocycles. The SMILES string of the molecule is CC(C)CCCCCCCCCCCCCCC(=O)O[C@H](COC(=O)CCCCCCCCC(C)C)COP(=O)(O)OC[C@H](O)COP(=O)(O)OC[C@@H](COC(=O)CCCCCCCCCCCC(C)C)OC(=O)CCCCCCCCCCCCC(C)C. The highest BCUT2D eigenvalue weighted by atomic mass is 31.2. The van der Waals surface area contributed by atoms with Gasteiger partial charge in [0.15, 0.2) is 12.2 Å². The van der Waals surface area contributed by atoms with E-state index in [-0.39, 0.29) is 25.7 Å². The molecule has 0 aromatic rings. The van der Waals surface area contributed by atoms with Crippen LogP contribution in [0.2, 0.25) is 0 Å². The Bertz CT molecular complexity index is 1760. The minimum absolute atomic E-state index is 0.105. The molecular formula is C70H136O17P2. The zero-order valence-corrected chi connectivity index (χ0v) is 59.8. The molecule has 0 aliphatic rings. The highest BCUT2D eigenvalue weighted by molar-refractivity contribution is 7.47. The van der Waals surface area contributed by atoms with E-state index in [1.54, 1.807) is 0 Å². The van der Waals surface area contributed by atoms with Gasteiger partial charge in [-0.2, -0.15) is 0 Å². The molecule has 2 unspecified atom stereocenters. The number of aliphatic hydroxyl groups is 1. The third-order valence-electron chi connectivity index (χ3n) is 16.1. The first-order chi connectivity index (χ1) is 42.6. The molecule has 0 fully saturated rings. The van der Waals surface area contributed by atoms with Gasteiger partial charge in [0.1, 0.15) is 19.3 Å².